The van der Waals surface area contributed by atoms with Crippen LogP contribution in [0.15, 0.2) is 22.7 Å². The maximum atomic E-state index is 12.4. The minimum Gasteiger partial charge on any atom is -0.481 e. The molecule has 0 saturated heterocycles. The third-order valence-corrected chi connectivity index (χ3v) is 3.51. The molecule has 0 aliphatic rings. The summed E-state index contributed by atoms with van der Waals surface area (Å²) < 4.78 is 0.837. The number of hydrogen-bond acceptors (Lipinski definition) is 2. The molecule has 5 heteroatoms. The summed E-state index contributed by atoms with van der Waals surface area (Å²) >= 11 is 3.34. The van der Waals surface area contributed by atoms with Crippen LogP contribution in [0.5, 0.6) is 0 Å². The molecule has 0 heterocycles. The summed E-state index contributed by atoms with van der Waals surface area (Å²) in [6, 6.07) is 5.51. The maximum Gasteiger partial charge on any atom is 0.308 e. The summed E-state index contributed by atoms with van der Waals surface area (Å²) in [6.45, 7) is 6.03. The van der Waals surface area contributed by atoms with E-state index >= 15 is 0 Å². The quantitative estimate of drug-likeness (QED) is 0.904. The van der Waals surface area contributed by atoms with Crippen LogP contribution in [0.25, 0.3) is 0 Å². The van der Waals surface area contributed by atoms with Gasteiger partial charge in [0.2, 0.25) is 0 Å². The molecular formula is C14H18BrNO3. The molecular weight excluding hydrogens is 310 g/mol. The molecule has 19 heavy (non-hydrogen) atoms. The Morgan fingerprint density at radius 1 is 1.42 bits per heavy atom. The standard InChI is InChI=1S/C14H18BrNO3/c1-4-16(8-10(3)14(18)19)13(17)12-7-11(15)6-5-9(12)2/h5-7,10H,4,8H2,1-3H3,(H,18,19). The number of aliphatic carboxylic acids is 1. The lowest BCUT2D eigenvalue weighted by molar-refractivity contribution is -0.141. The van der Waals surface area contributed by atoms with Crippen LogP contribution in [0.1, 0.15) is 29.8 Å². The van der Waals surface area contributed by atoms with Gasteiger partial charge in [0, 0.05) is 23.1 Å². The minimum absolute atomic E-state index is 0.130. The highest BCUT2D eigenvalue weighted by Crippen LogP contribution is 2.18. The number of carboxylic acids is 1. The van der Waals surface area contributed by atoms with Crippen molar-refractivity contribution < 1.29 is 14.7 Å². The highest BCUT2D eigenvalue weighted by Gasteiger charge is 2.21. The average molecular weight is 328 g/mol. The van der Waals surface area contributed by atoms with Crippen molar-refractivity contribution in [2.75, 3.05) is 13.1 Å². The van der Waals surface area contributed by atoms with E-state index in [0.717, 1.165) is 10.0 Å². The Hall–Kier alpha value is -1.36. The van der Waals surface area contributed by atoms with Crippen molar-refractivity contribution in [1.29, 1.82) is 0 Å². The Labute approximate surface area is 121 Å². The zero-order chi connectivity index (χ0) is 14.6. The van der Waals surface area contributed by atoms with E-state index in [1.807, 2.05) is 26.0 Å². The summed E-state index contributed by atoms with van der Waals surface area (Å²) in [6.07, 6.45) is 0. The van der Waals surface area contributed by atoms with E-state index in [4.69, 9.17) is 5.11 Å². The molecule has 1 N–H and O–H groups in total. The lowest BCUT2D eigenvalue weighted by atomic mass is 10.1. The number of nitrogens with zero attached hydrogens (tertiary/aromatic N) is 1. The number of amides is 1. The van der Waals surface area contributed by atoms with Crippen molar-refractivity contribution in [1.82, 2.24) is 4.90 Å². The molecule has 1 aromatic carbocycles. The van der Waals surface area contributed by atoms with Crippen LogP contribution in [0, 0.1) is 12.8 Å². The fraction of sp³-hybridized carbons (Fsp3) is 0.429. The lowest BCUT2D eigenvalue weighted by Crippen LogP contribution is -2.37. The molecule has 0 aliphatic carbocycles. The molecule has 1 rings (SSSR count). The van der Waals surface area contributed by atoms with Crippen LogP contribution >= 0.6 is 15.9 Å². The number of carbonyl (C=O) groups excluding carboxylic acids is 1. The van der Waals surface area contributed by atoms with E-state index in [-0.39, 0.29) is 12.5 Å². The Bertz CT molecular complexity index is 488. The van der Waals surface area contributed by atoms with Crippen molar-refractivity contribution >= 4 is 27.8 Å². The van der Waals surface area contributed by atoms with Gasteiger partial charge in [-0.15, -0.1) is 0 Å². The maximum absolute atomic E-state index is 12.4. The Balaban J connectivity index is 2.95. The molecule has 0 aromatic heterocycles. The van der Waals surface area contributed by atoms with Crippen LogP contribution < -0.4 is 0 Å². The molecule has 1 amide bonds. The largest absolute Gasteiger partial charge is 0.481 e. The van der Waals surface area contributed by atoms with Gasteiger partial charge in [-0.2, -0.15) is 0 Å². The third-order valence-electron chi connectivity index (χ3n) is 3.01. The highest BCUT2D eigenvalue weighted by molar-refractivity contribution is 9.10. The van der Waals surface area contributed by atoms with Crippen LogP contribution in [-0.4, -0.2) is 35.0 Å². The second-order valence-electron chi connectivity index (χ2n) is 4.54. The summed E-state index contributed by atoms with van der Waals surface area (Å²) in [5.74, 6) is -1.59. The SMILES string of the molecule is CCN(CC(C)C(=O)O)C(=O)c1cc(Br)ccc1C. The van der Waals surface area contributed by atoms with Crippen LogP contribution in [0.3, 0.4) is 0 Å². The number of benzene rings is 1. The summed E-state index contributed by atoms with van der Waals surface area (Å²) in [5.41, 5.74) is 1.49. The van der Waals surface area contributed by atoms with Crippen molar-refractivity contribution in [2.24, 2.45) is 5.92 Å². The minimum atomic E-state index is -0.891. The second-order valence-corrected chi connectivity index (χ2v) is 5.46. The number of rotatable bonds is 5. The molecule has 0 saturated carbocycles. The smallest absolute Gasteiger partial charge is 0.308 e. The average Bonchev–Trinajstić information content (AvgIpc) is 2.37. The van der Waals surface area contributed by atoms with Gasteiger partial charge in [-0.1, -0.05) is 28.9 Å². The lowest BCUT2D eigenvalue weighted by Gasteiger charge is -2.23. The van der Waals surface area contributed by atoms with Gasteiger partial charge in [0.05, 0.1) is 5.92 Å². The van der Waals surface area contributed by atoms with Gasteiger partial charge in [0.15, 0.2) is 0 Å². The number of aryl methyl sites for hydroxylation is 1. The topological polar surface area (TPSA) is 57.6 Å². The van der Waals surface area contributed by atoms with Gasteiger partial charge in [0.1, 0.15) is 0 Å². The van der Waals surface area contributed by atoms with E-state index in [1.54, 1.807) is 17.9 Å². The van der Waals surface area contributed by atoms with Gasteiger partial charge >= 0.3 is 5.97 Å². The molecule has 104 valence electrons. The van der Waals surface area contributed by atoms with Crippen molar-refractivity contribution in [3.05, 3.63) is 33.8 Å². The molecule has 4 nitrogen and oxygen atoms in total. The first-order valence-electron chi connectivity index (χ1n) is 6.15. The van der Waals surface area contributed by atoms with Crippen LogP contribution in [-0.2, 0) is 4.79 Å². The molecule has 1 aromatic rings. The van der Waals surface area contributed by atoms with Crippen LogP contribution in [0.4, 0.5) is 0 Å². The fourth-order valence-electron chi connectivity index (χ4n) is 1.76. The number of hydrogen-bond donors (Lipinski definition) is 1. The van der Waals surface area contributed by atoms with E-state index in [9.17, 15) is 9.59 Å². The molecule has 0 spiro atoms. The first-order valence-corrected chi connectivity index (χ1v) is 6.94. The zero-order valence-corrected chi connectivity index (χ0v) is 12.9. The van der Waals surface area contributed by atoms with Crippen molar-refractivity contribution in [3.8, 4) is 0 Å². The molecule has 0 aliphatic heterocycles. The van der Waals surface area contributed by atoms with Gasteiger partial charge < -0.3 is 10.0 Å². The second kappa shape index (κ2) is 6.70. The number of carbonyl (C=O) groups is 2. The molecule has 0 bridgehead atoms. The Morgan fingerprint density at radius 3 is 2.58 bits per heavy atom. The monoisotopic (exact) mass is 327 g/mol. The van der Waals surface area contributed by atoms with Gasteiger partial charge in [0.25, 0.3) is 5.91 Å². The normalized spacial score (nSPS) is 12.0. The molecule has 1 unspecified atom stereocenters. The first-order chi connectivity index (χ1) is 8.86. The number of halogens is 1. The van der Waals surface area contributed by atoms with E-state index < -0.39 is 11.9 Å². The Kier molecular flexibility index (Phi) is 5.54. The molecule has 0 fully saturated rings. The summed E-state index contributed by atoms with van der Waals surface area (Å²) in [4.78, 5) is 24.9. The van der Waals surface area contributed by atoms with Crippen molar-refractivity contribution in [2.45, 2.75) is 20.8 Å². The zero-order valence-electron chi connectivity index (χ0n) is 11.3. The molecule has 1 atom stereocenters. The van der Waals surface area contributed by atoms with Crippen LogP contribution in [0.2, 0.25) is 0 Å². The summed E-state index contributed by atoms with van der Waals surface area (Å²) in [5, 5.41) is 8.93. The van der Waals surface area contributed by atoms with E-state index in [1.165, 1.54) is 0 Å². The fourth-order valence-corrected chi connectivity index (χ4v) is 2.12. The third kappa shape index (κ3) is 4.06. The van der Waals surface area contributed by atoms with Gasteiger partial charge in [-0.3, -0.25) is 9.59 Å². The summed E-state index contributed by atoms with van der Waals surface area (Å²) in [7, 11) is 0. The van der Waals surface area contributed by atoms with E-state index in [2.05, 4.69) is 15.9 Å². The first kappa shape index (κ1) is 15.7. The highest BCUT2D eigenvalue weighted by atomic mass is 79.9. The predicted octanol–water partition coefficient (Wildman–Crippen LogP) is 2.94. The van der Waals surface area contributed by atoms with Gasteiger partial charge in [-0.05, 0) is 31.5 Å². The van der Waals surface area contributed by atoms with Gasteiger partial charge in [-0.25, -0.2) is 0 Å². The number of carboxylic acid groups (broad SMARTS) is 1. The van der Waals surface area contributed by atoms with E-state index in [0.29, 0.717) is 12.1 Å². The predicted molar refractivity (Wildman–Crippen MR) is 77.3 cm³/mol. The Morgan fingerprint density at radius 2 is 2.05 bits per heavy atom. The van der Waals surface area contributed by atoms with Crippen molar-refractivity contribution in [3.63, 3.8) is 0 Å². The molecule has 0 radical (unpaired) electrons.